The lowest BCUT2D eigenvalue weighted by molar-refractivity contribution is -0.121. The minimum Gasteiger partial charge on any atom is -0.344 e. The van der Waals surface area contributed by atoms with Crippen molar-refractivity contribution in [3.05, 3.63) is 107 Å². The summed E-state index contributed by atoms with van der Waals surface area (Å²) in [7, 11) is 0. The number of nitrogens with one attached hydrogen (secondary N) is 1. The Morgan fingerprint density at radius 2 is 1.43 bits per heavy atom. The molecule has 1 aliphatic heterocycles. The molecular formula is C27H26N2O. The predicted octanol–water partition coefficient (Wildman–Crippen LogP) is 4.00. The maximum absolute atomic E-state index is 13.0. The Bertz CT molecular complexity index is 995. The highest BCUT2D eigenvalue weighted by Crippen LogP contribution is 2.24. The van der Waals surface area contributed by atoms with Crippen LogP contribution in [0.5, 0.6) is 0 Å². The number of carbonyl (C=O) groups is 1. The average molecular weight is 395 g/mol. The Kier molecular flexibility index (Phi) is 6.59. The second-order valence-corrected chi connectivity index (χ2v) is 7.56. The fourth-order valence-electron chi connectivity index (χ4n) is 3.94. The molecule has 3 nitrogen and oxygen atoms in total. The van der Waals surface area contributed by atoms with E-state index < -0.39 is 0 Å². The van der Waals surface area contributed by atoms with Crippen LogP contribution in [0.25, 0.3) is 0 Å². The number of nitrogens with zero attached hydrogens (tertiary/aromatic N) is 1. The zero-order chi connectivity index (χ0) is 20.6. The van der Waals surface area contributed by atoms with Gasteiger partial charge in [0.25, 0.3) is 0 Å². The Balaban J connectivity index is 1.34. The molecule has 0 saturated carbocycles. The van der Waals surface area contributed by atoms with Gasteiger partial charge in [0.1, 0.15) is 0 Å². The van der Waals surface area contributed by atoms with Crippen LogP contribution < -0.4 is 5.32 Å². The van der Waals surface area contributed by atoms with E-state index in [2.05, 4.69) is 46.3 Å². The van der Waals surface area contributed by atoms with E-state index in [0.29, 0.717) is 6.54 Å². The van der Waals surface area contributed by atoms with E-state index in [0.717, 1.165) is 37.2 Å². The van der Waals surface area contributed by atoms with Crippen LogP contribution in [0.15, 0.2) is 84.9 Å². The third-order valence-corrected chi connectivity index (χ3v) is 5.52. The van der Waals surface area contributed by atoms with E-state index in [1.54, 1.807) is 0 Å². The Labute approximate surface area is 178 Å². The van der Waals surface area contributed by atoms with Gasteiger partial charge in [0.2, 0.25) is 5.91 Å². The first-order valence-corrected chi connectivity index (χ1v) is 10.4. The van der Waals surface area contributed by atoms with Crippen LogP contribution in [0.2, 0.25) is 0 Å². The first-order chi connectivity index (χ1) is 14.8. The highest BCUT2D eigenvalue weighted by atomic mass is 16.1. The minimum absolute atomic E-state index is 0.0198. The van der Waals surface area contributed by atoms with Crippen molar-refractivity contribution in [3.8, 4) is 11.8 Å². The first-order valence-electron chi connectivity index (χ1n) is 10.4. The van der Waals surface area contributed by atoms with Crippen molar-refractivity contribution in [3.63, 3.8) is 0 Å². The summed E-state index contributed by atoms with van der Waals surface area (Å²) < 4.78 is 0. The van der Waals surface area contributed by atoms with Gasteiger partial charge in [-0.3, -0.25) is 9.69 Å². The van der Waals surface area contributed by atoms with Crippen LogP contribution >= 0.6 is 0 Å². The molecule has 3 aromatic rings. The van der Waals surface area contributed by atoms with Crippen molar-refractivity contribution in [2.24, 2.45) is 0 Å². The lowest BCUT2D eigenvalue weighted by Gasteiger charge is -2.26. The smallest absolute Gasteiger partial charge is 0.232 e. The number of amides is 1. The number of hydrogen-bond donors (Lipinski definition) is 1. The third-order valence-electron chi connectivity index (χ3n) is 5.52. The molecule has 3 aromatic carbocycles. The van der Waals surface area contributed by atoms with Gasteiger partial charge in [-0.15, -0.1) is 0 Å². The molecule has 1 heterocycles. The second-order valence-electron chi connectivity index (χ2n) is 7.56. The van der Waals surface area contributed by atoms with Gasteiger partial charge < -0.3 is 5.32 Å². The van der Waals surface area contributed by atoms with Crippen molar-refractivity contribution in [1.29, 1.82) is 0 Å². The summed E-state index contributed by atoms with van der Waals surface area (Å²) >= 11 is 0. The van der Waals surface area contributed by atoms with Crippen LogP contribution in [0, 0.1) is 11.8 Å². The summed E-state index contributed by atoms with van der Waals surface area (Å²) in [6.07, 6.45) is 1.07. The zero-order valence-electron chi connectivity index (χ0n) is 17.1. The summed E-state index contributed by atoms with van der Waals surface area (Å²) in [4.78, 5) is 15.3. The van der Waals surface area contributed by atoms with Crippen molar-refractivity contribution in [2.45, 2.75) is 18.9 Å². The summed E-state index contributed by atoms with van der Waals surface area (Å²) in [5.41, 5.74) is 4.82. The minimum atomic E-state index is -0.326. The van der Waals surface area contributed by atoms with Gasteiger partial charge >= 0.3 is 0 Å². The van der Waals surface area contributed by atoms with E-state index in [1.165, 1.54) is 11.1 Å². The van der Waals surface area contributed by atoms with Gasteiger partial charge in [-0.05, 0) is 28.7 Å². The van der Waals surface area contributed by atoms with Crippen molar-refractivity contribution in [1.82, 2.24) is 10.2 Å². The molecule has 0 aromatic heterocycles. The molecule has 0 unspecified atom stereocenters. The molecule has 1 aliphatic rings. The van der Waals surface area contributed by atoms with Gasteiger partial charge in [0.05, 0.1) is 19.0 Å². The Hall–Kier alpha value is -3.35. The van der Waals surface area contributed by atoms with Crippen molar-refractivity contribution >= 4 is 5.91 Å². The Morgan fingerprint density at radius 3 is 2.10 bits per heavy atom. The van der Waals surface area contributed by atoms with Crippen LogP contribution in [0.4, 0.5) is 0 Å². The number of hydrogen-bond acceptors (Lipinski definition) is 2. The molecule has 0 saturated heterocycles. The van der Waals surface area contributed by atoms with E-state index >= 15 is 0 Å². The summed E-state index contributed by atoms with van der Waals surface area (Å²) in [5.74, 6) is 6.00. The van der Waals surface area contributed by atoms with E-state index in [1.807, 2.05) is 60.7 Å². The van der Waals surface area contributed by atoms with Gasteiger partial charge in [-0.2, -0.15) is 0 Å². The van der Waals surface area contributed by atoms with E-state index in [9.17, 15) is 4.79 Å². The molecule has 0 bridgehead atoms. The lowest BCUT2D eigenvalue weighted by Crippen LogP contribution is -2.31. The van der Waals surface area contributed by atoms with E-state index in [-0.39, 0.29) is 11.8 Å². The summed E-state index contributed by atoms with van der Waals surface area (Å²) in [6, 6.07) is 28.4. The van der Waals surface area contributed by atoms with Gasteiger partial charge in [0, 0.05) is 13.1 Å². The standard InChI is InChI=1S/C27H26N2O/c30-27(26(23-12-3-1-4-13-23)24-14-5-2-6-15-24)28-18-9-10-19-29-20-17-22-11-7-8-16-25(22)21-29/h1-8,11-16,26H,17-21H2,(H,28,30). The fourth-order valence-corrected chi connectivity index (χ4v) is 3.94. The van der Waals surface area contributed by atoms with Crippen LogP contribution in [-0.4, -0.2) is 30.4 Å². The molecule has 0 fully saturated rings. The monoisotopic (exact) mass is 394 g/mol. The number of rotatable bonds is 5. The molecule has 0 aliphatic carbocycles. The van der Waals surface area contributed by atoms with Gasteiger partial charge in [0.15, 0.2) is 0 Å². The molecule has 1 N–H and O–H groups in total. The molecule has 0 radical (unpaired) electrons. The Morgan fingerprint density at radius 1 is 0.833 bits per heavy atom. The van der Waals surface area contributed by atoms with Gasteiger partial charge in [-0.25, -0.2) is 0 Å². The maximum Gasteiger partial charge on any atom is 0.232 e. The fraction of sp³-hybridized carbons (Fsp3) is 0.222. The van der Waals surface area contributed by atoms with Crippen molar-refractivity contribution in [2.75, 3.05) is 19.6 Å². The van der Waals surface area contributed by atoms with Crippen LogP contribution in [0.1, 0.15) is 28.2 Å². The highest BCUT2D eigenvalue weighted by Gasteiger charge is 2.21. The summed E-state index contributed by atoms with van der Waals surface area (Å²) in [5, 5.41) is 3.00. The molecular weight excluding hydrogens is 368 g/mol. The predicted molar refractivity (Wildman–Crippen MR) is 121 cm³/mol. The van der Waals surface area contributed by atoms with E-state index in [4.69, 9.17) is 0 Å². The average Bonchev–Trinajstić information content (AvgIpc) is 2.80. The second kappa shape index (κ2) is 9.91. The van der Waals surface area contributed by atoms with Gasteiger partial charge in [-0.1, -0.05) is 96.8 Å². The van der Waals surface area contributed by atoms with Crippen LogP contribution in [0.3, 0.4) is 0 Å². The highest BCUT2D eigenvalue weighted by molar-refractivity contribution is 5.87. The number of benzene rings is 3. The molecule has 0 spiro atoms. The largest absolute Gasteiger partial charge is 0.344 e. The maximum atomic E-state index is 13.0. The van der Waals surface area contributed by atoms with Crippen molar-refractivity contribution < 1.29 is 4.79 Å². The SMILES string of the molecule is O=C(NCC#CCN1CCc2ccccc2C1)C(c1ccccc1)c1ccccc1. The normalized spacial score (nSPS) is 13.2. The topological polar surface area (TPSA) is 32.3 Å². The third kappa shape index (κ3) is 4.97. The van der Waals surface area contributed by atoms with Crippen LogP contribution in [-0.2, 0) is 17.8 Å². The summed E-state index contributed by atoms with van der Waals surface area (Å²) in [6.45, 7) is 3.06. The number of carbonyl (C=O) groups excluding carboxylic acids is 1. The lowest BCUT2D eigenvalue weighted by atomic mass is 9.90. The number of fused-ring (bicyclic) bond motifs is 1. The quantitative estimate of drug-likeness (QED) is 0.664. The molecule has 1 amide bonds. The zero-order valence-corrected chi connectivity index (χ0v) is 17.1. The molecule has 3 heteroatoms. The molecule has 150 valence electrons. The first kappa shape index (κ1) is 19.9. The molecule has 4 rings (SSSR count). The molecule has 0 atom stereocenters. The molecule has 30 heavy (non-hydrogen) atoms.